The number of hydrogen-bond acceptors (Lipinski definition) is 3. The first-order valence-corrected chi connectivity index (χ1v) is 6.40. The molecular formula is C15H23NO2. The van der Waals surface area contributed by atoms with E-state index in [1.807, 2.05) is 46.8 Å². The third-order valence-corrected chi connectivity index (χ3v) is 2.36. The summed E-state index contributed by atoms with van der Waals surface area (Å²) >= 11 is 0. The number of hydrogen-bond donors (Lipinski definition) is 0. The lowest BCUT2D eigenvalue weighted by Crippen LogP contribution is -2.03. The highest BCUT2D eigenvalue weighted by Crippen LogP contribution is 2.08. The summed E-state index contributed by atoms with van der Waals surface area (Å²) in [6, 6.07) is 8.21. The lowest BCUT2D eigenvalue weighted by atomic mass is 10.1. The maximum atomic E-state index is 5.55. The molecule has 0 atom stereocenters. The molecule has 3 nitrogen and oxygen atoms in total. The van der Waals surface area contributed by atoms with Crippen LogP contribution in [-0.4, -0.2) is 17.9 Å². The Morgan fingerprint density at radius 2 is 1.67 bits per heavy atom. The van der Waals surface area contributed by atoms with Gasteiger partial charge in [0.05, 0.1) is 18.4 Å². The zero-order chi connectivity index (χ0) is 13.5. The molecule has 0 heterocycles. The van der Waals surface area contributed by atoms with Crippen LogP contribution >= 0.6 is 0 Å². The molecule has 0 aliphatic heterocycles. The van der Waals surface area contributed by atoms with Crippen molar-refractivity contribution in [3.05, 3.63) is 35.4 Å². The van der Waals surface area contributed by atoms with E-state index in [2.05, 4.69) is 17.3 Å². The fourth-order valence-electron chi connectivity index (χ4n) is 1.34. The lowest BCUT2D eigenvalue weighted by Gasteiger charge is -2.08. The fraction of sp³-hybridized carbons (Fsp3) is 0.533. The van der Waals surface area contributed by atoms with Crippen molar-refractivity contribution in [2.75, 3.05) is 0 Å². The van der Waals surface area contributed by atoms with Gasteiger partial charge in [-0.05, 0) is 45.7 Å². The minimum absolute atomic E-state index is 0.110. The molecule has 1 aromatic carbocycles. The minimum Gasteiger partial charge on any atom is -0.393 e. The van der Waals surface area contributed by atoms with Gasteiger partial charge < -0.3 is 9.57 Å². The van der Waals surface area contributed by atoms with E-state index in [0.717, 1.165) is 11.3 Å². The molecule has 0 bridgehead atoms. The van der Waals surface area contributed by atoms with Crippen molar-refractivity contribution < 1.29 is 9.57 Å². The first kappa shape index (κ1) is 14.7. The Morgan fingerprint density at radius 1 is 1.06 bits per heavy atom. The van der Waals surface area contributed by atoms with Gasteiger partial charge in [-0.25, -0.2) is 0 Å². The maximum Gasteiger partial charge on any atom is 0.122 e. The zero-order valence-corrected chi connectivity index (χ0v) is 11.9. The van der Waals surface area contributed by atoms with Crippen molar-refractivity contribution in [2.45, 2.75) is 53.4 Å². The molecule has 18 heavy (non-hydrogen) atoms. The third kappa shape index (κ3) is 5.32. The Hall–Kier alpha value is -1.35. The van der Waals surface area contributed by atoms with Gasteiger partial charge in [-0.15, -0.1) is 0 Å². The highest BCUT2D eigenvalue weighted by molar-refractivity contribution is 5.98. The van der Waals surface area contributed by atoms with Gasteiger partial charge in [-0.3, -0.25) is 0 Å². The molecule has 0 aliphatic carbocycles. The van der Waals surface area contributed by atoms with Crippen molar-refractivity contribution in [3.8, 4) is 0 Å². The highest BCUT2D eigenvalue weighted by Gasteiger charge is 2.01. The fourth-order valence-corrected chi connectivity index (χ4v) is 1.34. The van der Waals surface area contributed by atoms with Crippen molar-refractivity contribution in [3.63, 3.8) is 0 Å². The number of benzene rings is 1. The summed E-state index contributed by atoms with van der Waals surface area (Å²) in [6.07, 6.45) is 0.367. The summed E-state index contributed by atoms with van der Waals surface area (Å²) in [5.41, 5.74) is 3.13. The van der Waals surface area contributed by atoms with Gasteiger partial charge in [0.2, 0.25) is 0 Å². The van der Waals surface area contributed by atoms with Gasteiger partial charge in [0, 0.05) is 0 Å². The molecule has 0 amide bonds. The van der Waals surface area contributed by atoms with Crippen LogP contribution < -0.4 is 0 Å². The number of ether oxygens (including phenoxy) is 1. The van der Waals surface area contributed by atoms with Crippen LogP contribution in [0.4, 0.5) is 0 Å². The Balaban J connectivity index is 2.61. The largest absolute Gasteiger partial charge is 0.393 e. The van der Waals surface area contributed by atoms with Crippen LogP contribution in [0.2, 0.25) is 0 Å². The molecule has 0 saturated carbocycles. The molecule has 0 radical (unpaired) electrons. The van der Waals surface area contributed by atoms with Crippen LogP contribution in [-0.2, 0) is 16.2 Å². The first-order valence-electron chi connectivity index (χ1n) is 6.40. The summed E-state index contributed by atoms with van der Waals surface area (Å²) in [5.74, 6) is 0. The predicted octanol–water partition coefficient (Wildman–Crippen LogP) is 3.76. The second kappa shape index (κ2) is 7.17. The number of rotatable bonds is 6. The number of nitrogens with zero attached hydrogens (tertiary/aromatic N) is 1. The van der Waals surface area contributed by atoms with Crippen LogP contribution in [0.5, 0.6) is 0 Å². The molecular weight excluding hydrogens is 226 g/mol. The van der Waals surface area contributed by atoms with E-state index < -0.39 is 0 Å². The Bertz CT molecular complexity index is 380. The minimum atomic E-state index is 0.110. The smallest absolute Gasteiger partial charge is 0.122 e. The van der Waals surface area contributed by atoms with E-state index in [1.165, 1.54) is 5.56 Å². The predicted molar refractivity (Wildman–Crippen MR) is 74.8 cm³/mol. The molecule has 0 spiro atoms. The molecule has 0 aromatic heterocycles. The van der Waals surface area contributed by atoms with Gasteiger partial charge in [0.1, 0.15) is 6.10 Å². The second-order valence-electron chi connectivity index (χ2n) is 4.89. The summed E-state index contributed by atoms with van der Waals surface area (Å²) in [6.45, 7) is 10.6. The van der Waals surface area contributed by atoms with Crippen molar-refractivity contribution in [1.82, 2.24) is 0 Å². The van der Waals surface area contributed by atoms with Gasteiger partial charge in [-0.1, -0.05) is 29.4 Å². The molecule has 100 valence electrons. The normalized spacial score (nSPS) is 12.3. The Morgan fingerprint density at radius 3 is 2.17 bits per heavy atom. The van der Waals surface area contributed by atoms with Gasteiger partial charge in [0.15, 0.2) is 0 Å². The molecule has 0 saturated heterocycles. The monoisotopic (exact) mass is 249 g/mol. The second-order valence-corrected chi connectivity index (χ2v) is 4.89. The average molecular weight is 249 g/mol. The van der Waals surface area contributed by atoms with Crippen LogP contribution in [0.3, 0.4) is 0 Å². The first-order chi connectivity index (χ1) is 8.49. The van der Waals surface area contributed by atoms with E-state index in [9.17, 15) is 0 Å². The standard InChI is InChI=1S/C15H23NO2/c1-11(2)17-10-14-6-8-15(9-7-14)13(5)16-18-12(3)4/h6-9,11-12H,10H2,1-5H3/b16-13+. The van der Waals surface area contributed by atoms with Crippen molar-refractivity contribution in [2.24, 2.45) is 5.16 Å². The van der Waals surface area contributed by atoms with Crippen LogP contribution in [0.25, 0.3) is 0 Å². The molecule has 0 fully saturated rings. The Labute approximate surface area is 110 Å². The van der Waals surface area contributed by atoms with Gasteiger partial charge in [-0.2, -0.15) is 0 Å². The van der Waals surface area contributed by atoms with Crippen molar-refractivity contribution in [1.29, 1.82) is 0 Å². The molecule has 3 heteroatoms. The average Bonchev–Trinajstić information content (AvgIpc) is 2.34. The summed E-state index contributed by atoms with van der Waals surface area (Å²) in [7, 11) is 0. The molecule has 1 aromatic rings. The summed E-state index contributed by atoms with van der Waals surface area (Å²) in [4.78, 5) is 5.23. The number of oxime groups is 1. The third-order valence-electron chi connectivity index (χ3n) is 2.36. The van der Waals surface area contributed by atoms with Gasteiger partial charge >= 0.3 is 0 Å². The SMILES string of the molecule is C/C(=N\OC(C)C)c1ccc(COC(C)C)cc1. The zero-order valence-electron chi connectivity index (χ0n) is 11.9. The summed E-state index contributed by atoms with van der Waals surface area (Å²) in [5, 5.41) is 4.08. The lowest BCUT2D eigenvalue weighted by molar-refractivity contribution is 0.0657. The maximum absolute atomic E-state index is 5.55. The van der Waals surface area contributed by atoms with Gasteiger partial charge in [0.25, 0.3) is 0 Å². The van der Waals surface area contributed by atoms with Crippen LogP contribution in [0.15, 0.2) is 29.4 Å². The molecule has 1 rings (SSSR count). The Kier molecular flexibility index (Phi) is 5.86. The van der Waals surface area contributed by atoms with Crippen LogP contribution in [0.1, 0.15) is 45.7 Å². The quantitative estimate of drug-likeness (QED) is 0.567. The van der Waals surface area contributed by atoms with E-state index in [0.29, 0.717) is 6.61 Å². The topological polar surface area (TPSA) is 30.8 Å². The molecule has 0 aliphatic rings. The van der Waals surface area contributed by atoms with E-state index >= 15 is 0 Å². The summed E-state index contributed by atoms with van der Waals surface area (Å²) < 4.78 is 5.55. The molecule has 0 unspecified atom stereocenters. The van der Waals surface area contributed by atoms with E-state index in [4.69, 9.17) is 9.57 Å². The van der Waals surface area contributed by atoms with Crippen LogP contribution in [0, 0.1) is 0 Å². The van der Waals surface area contributed by atoms with Crippen molar-refractivity contribution >= 4 is 5.71 Å². The van der Waals surface area contributed by atoms with E-state index in [1.54, 1.807) is 0 Å². The molecule has 0 N–H and O–H groups in total. The highest BCUT2D eigenvalue weighted by atomic mass is 16.6. The van der Waals surface area contributed by atoms with E-state index in [-0.39, 0.29) is 12.2 Å².